The van der Waals surface area contributed by atoms with E-state index in [1.165, 1.54) is 17.1 Å². The van der Waals surface area contributed by atoms with Crippen LogP contribution in [-0.4, -0.2) is 36.3 Å². The van der Waals surface area contributed by atoms with Crippen LogP contribution in [0.4, 0.5) is 0 Å². The Balaban J connectivity index is 2.19. The molecule has 0 aromatic heterocycles. The maximum Gasteiger partial charge on any atom is 0.222 e. The van der Waals surface area contributed by atoms with Crippen molar-refractivity contribution in [2.75, 3.05) is 12.3 Å². The van der Waals surface area contributed by atoms with Crippen molar-refractivity contribution in [3.05, 3.63) is 0 Å². The Kier molecular flexibility index (Phi) is 3.83. The van der Waals surface area contributed by atoms with Crippen molar-refractivity contribution >= 4 is 15.8 Å². The smallest absolute Gasteiger partial charge is 0.222 e. The zero-order chi connectivity index (χ0) is 13.4. The topological polar surface area (TPSA) is 54.5 Å². The van der Waals surface area contributed by atoms with Crippen molar-refractivity contribution in [1.82, 2.24) is 4.31 Å². The second-order valence-corrected chi connectivity index (χ2v) is 7.50. The highest BCUT2D eigenvalue weighted by atomic mass is 32.2. The summed E-state index contributed by atoms with van der Waals surface area (Å²) < 4.78 is 25.5. The van der Waals surface area contributed by atoms with Crippen LogP contribution >= 0.6 is 0 Å². The Hall–Kier alpha value is -0.420. The number of likely N-dealkylation sites (N-methyl/N-ethyl adjacent to an activating group) is 1. The second kappa shape index (κ2) is 4.93. The second-order valence-electron chi connectivity index (χ2n) is 5.61. The van der Waals surface area contributed by atoms with Crippen LogP contribution < -0.4 is 0 Å². The molecule has 18 heavy (non-hydrogen) atoms. The highest BCUT2D eigenvalue weighted by molar-refractivity contribution is 7.90. The lowest BCUT2D eigenvalue weighted by atomic mass is 9.73. The fourth-order valence-electron chi connectivity index (χ4n) is 3.66. The molecule has 2 aliphatic rings. The van der Waals surface area contributed by atoms with Gasteiger partial charge in [0.05, 0.1) is 5.54 Å². The minimum absolute atomic E-state index is 0.0701. The van der Waals surface area contributed by atoms with Gasteiger partial charge in [0.2, 0.25) is 10.0 Å². The summed E-state index contributed by atoms with van der Waals surface area (Å²) in [6.07, 6.45) is 5.80. The van der Waals surface area contributed by atoms with E-state index in [0.717, 1.165) is 25.7 Å². The van der Waals surface area contributed by atoms with E-state index >= 15 is 0 Å². The van der Waals surface area contributed by atoms with Crippen molar-refractivity contribution in [2.24, 2.45) is 5.92 Å². The number of sulfonamides is 1. The fraction of sp³-hybridized carbons (Fsp3) is 0.923. The summed E-state index contributed by atoms with van der Waals surface area (Å²) in [5, 5.41) is 0. The van der Waals surface area contributed by atoms with Crippen molar-refractivity contribution < 1.29 is 13.2 Å². The van der Waals surface area contributed by atoms with Gasteiger partial charge in [-0.15, -0.1) is 0 Å². The molecule has 0 aromatic rings. The summed E-state index contributed by atoms with van der Waals surface area (Å²) in [4.78, 5) is 12.2. The lowest BCUT2D eigenvalue weighted by Crippen LogP contribution is -2.51. The predicted octanol–water partition coefficient (Wildman–Crippen LogP) is 1.95. The zero-order valence-corrected chi connectivity index (χ0v) is 12.1. The summed E-state index contributed by atoms with van der Waals surface area (Å²) in [6, 6.07) is 0. The molecule has 1 heterocycles. The van der Waals surface area contributed by atoms with Crippen LogP contribution in [0.2, 0.25) is 0 Å². The summed E-state index contributed by atoms with van der Waals surface area (Å²) in [7, 11) is -3.34. The SMILES string of the molecule is CCCC1CCC2(CC1)C(=O)CS(=O)(=O)N2CC. The molecule has 0 bridgehead atoms. The molecule has 1 spiro atoms. The Morgan fingerprint density at radius 2 is 1.89 bits per heavy atom. The predicted molar refractivity (Wildman–Crippen MR) is 70.8 cm³/mol. The largest absolute Gasteiger partial charge is 0.296 e. The molecule has 0 aromatic carbocycles. The van der Waals surface area contributed by atoms with Gasteiger partial charge in [-0.1, -0.05) is 26.7 Å². The lowest BCUT2D eigenvalue weighted by molar-refractivity contribution is -0.126. The van der Waals surface area contributed by atoms with E-state index in [4.69, 9.17) is 0 Å². The van der Waals surface area contributed by atoms with Gasteiger partial charge in [-0.05, 0) is 31.6 Å². The Bertz CT molecular complexity index is 422. The van der Waals surface area contributed by atoms with Crippen molar-refractivity contribution in [2.45, 2.75) is 57.9 Å². The van der Waals surface area contributed by atoms with Crippen LogP contribution in [0.25, 0.3) is 0 Å². The third kappa shape index (κ3) is 2.11. The summed E-state index contributed by atoms with van der Waals surface area (Å²) in [6.45, 7) is 4.43. The van der Waals surface area contributed by atoms with Crippen LogP contribution in [-0.2, 0) is 14.8 Å². The molecule has 0 N–H and O–H groups in total. The standard InChI is InChI=1S/C13H23NO3S/c1-3-5-11-6-8-13(9-7-11)12(15)10-18(16,17)14(13)4-2/h11H,3-10H2,1-2H3. The van der Waals surface area contributed by atoms with E-state index in [0.29, 0.717) is 12.5 Å². The molecule has 1 aliphatic carbocycles. The maximum atomic E-state index is 12.2. The lowest BCUT2D eigenvalue weighted by Gasteiger charge is -2.40. The van der Waals surface area contributed by atoms with Crippen molar-refractivity contribution in [1.29, 1.82) is 0 Å². The summed E-state index contributed by atoms with van der Waals surface area (Å²) in [5.74, 6) is 0.328. The molecule has 0 atom stereocenters. The van der Waals surface area contributed by atoms with E-state index < -0.39 is 15.6 Å². The van der Waals surface area contributed by atoms with E-state index in [-0.39, 0.29) is 11.5 Å². The van der Waals surface area contributed by atoms with Gasteiger partial charge in [0.25, 0.3) is 0 Å². The minimum atomic E-state index is -3.34. The van der Waals surface area contributed by atoms with Crippen LogP contribution in [0.5, 0.6) is 0 Å². The molecule has 2 fully saturated rings. The summed E-state index contributed by atoms with van der Waals surface area (Å²) >= 11 is 0. The first kappa shape index (κ1) is 14.0. The first-order valence-corrected chi connectivity index (χ1v) is 8.61. The number of ketones is 1. The molecule has 5 heteroatoms. The fourth-order valence-corrected chi connectivity index (χ4v) is 5.63. The molecule has 4 nitrogen and oxygen atoms in total. The van der Waals surface area contributed by atoms with E-state index in [1.807, 2.05) is 6.92 Å². The Labute approximate surface area is 110 Å². The van der Waals surface area contributed by atoms with Gasteiger partial charge in [0, 0.05) is 6.54 Å². The van der Waals surface area contributed by atoms with Gasteiger partial charge in [0.1, 0.15) is 5.75 Å². The monoisotopic (exact) mass is 273 g/mol. The van der Waals surface area contributed by atoms with E-state index in [1.54, 1.807) is 0 Å². The number of hydrogen-bond donors (Lipinski definition) is 0. The normalized spacial score (nSPS) is 36.3. The quantitative estimate of drug-likeness (QED) is 0.789. The van der Waals surface area contributed by atoms with Crippen LogP contribution in [0.1, 0.15) is 52.4 Å². The third-order valence-corrected chi connectivity index (χ3v) is 6.47. The number of nitrogens with zero attached hydrogens (tertiary/aromatic N) is 1. The average Bonchev–Trinajstić information content (AvgIpc) is 2.49. The zero-order valence-electron chi connectivity index (χ0n) is 11.3. The van der Waals surface area contributed by atoms with Gasteiger partial charge in [-0.3, -0.25) is 4.79 Å². The van der Waals surface area contributed by atoms with E-state index in [2.05, 4.69) is 6.92 Å². The number of hydrogen-bond acceptors (Lipinski definition) is 3. The average molecular weight is 273 g/mol. The van der Waals surface area contributed by atoms with Crippen molar-refractivity contribution in [3.63, 3.8) is 0 Å². The van der Waals surface area contributed by atoms with Crippen LogP contribution in [0, 0.1) is 5.92 Å². The minimum Gasteiger partial charge on any atom is -0.296 e. The molecule has 0 unspecified atom stereocenters. The van der Waals surface area contributed by atoms with Gasteiger partial charge >= 0.3 is 0 Å². The van der Waals surface area contributed by atoms with Gasteiger partial charge < -0.3 is 0 Å². The van der Waals surface area contributed by atoms with Gasteiger partial charge in [-0.25, -0.2) is 8.42 Å². The van der Waals surface area contributed by atoms with Crippen LogP contribution in [0.3, 0.4) is 0 Å². The highest BCUT2D eigenvalue weighted by Crippen LogP contribution is 2.43. The molecule has 1 saturated heterocycles. The molecule has 1 aliphatic heterocycles. The number of rotatable bonds is 3. The third-order valence-electron chi connectivity index (χ3n) is 4.56. The molecule has 1 saturated carbocycles. The van der Waals surface area contributed by atoms with E-state index in [9.17, 15) is 13.2 Å². The number of carbonyl (C=O) groups excluding carboxylic acids is 1. The van der Waals surface area contributed by atoms with Crippen LogP contribution in [0.15, 0.2) is 0 Å². The molecule has 0 radical (unpaired) electrons. The molecule has 0 amide bonds. The Morgan fingerprint density at radius 1 is 1.28 bits per heavy atom. The first-order valence-electron chi connectivity index (χ1n) is 7.00. The van der Waals surface area contributed by atoms with Gasteiger partial charge in [0.15, 0.2) is 5.78 Å². The number of Topliss-reactive ketones (excluding diaryl/α,β-unsaturated/α-hetero) is 1. The first-order chi connectivity index (χ1) is 8.46. The Morgan fingerprint density at radius 3 is 2.39 bits per heavy atom. The van der Waals surface area contributed by atoms with Gasteiger partial charge in [-0.2, -0.15) is 4.31 Å². The van der Waals surface area contributed by atoms with Crippen molar-refractivity contribution in [3.8, 4) is 0 Å². The molecular formula is C13H23NO3S. The molecule has 104 valence electrons. The maximum absolute atomic E-state index is 12.2. The summed E-state index contributed by atoms with van der Waals surface area (Å²) in [5.41, 5.74) is -0.683. The molecular weight excluding hydrogens is 250 g/mol. The molecule has 2 rings (SSSR count). The highest BCUT2D eigenvalue weighted by Gasteiger charge is 2.56. The number of carbonyl (C=O) groups is 1.